The van der Waals surface area contributed by atoms with E-state index in [0.717, 1.165) is 32.1 Å². The summed E-state index contributed by atoms with van der Waals surface area (Å²) >= 11 is 12.4. The maximum Gasteiger partial charge on any atom is 0.237 e. The number of nitriles is 1. The fourth-order valence-corrected chi connectivity index (χ4v) is 7.80. The SMILES string of the molecule is CC(C)(CC1NC(C(=O)NCC[C@H](O)CO)C(c2cccc(Cl)c2F)C1(C#N)c1ccc(Cl)cc1F)C1=CCN(Cc2ccccc2)CC1. The van der Waals surface area contributed by atoms with E-state index in [0.29, 0.717) is 6.42 Å². The monoisotopic (exact) mass is 710 g/mol. The van der Waals surface area contributed by atoms with Crippen LogP contribution in [0.2, 0.25) is 10.0 Å². The Hall–Kier alpha value is -3.36. The highest BCUT2D eigenvalue weighted by Crippen LogP contribution is 2.53. The number of benzene rings is 3. The van der Waals surface area contributed by atoms with Crippen LogP contribution in [0.15, 0.2) is 78.4 Å². The summed E-state index contributed by atoms with van der Waals surface area (Å²) in [5, 5.41) is 36.4. The molecule has 0 radical (unpaired) electrons. The third-order valence-corrected chi connectivity index (χ3v) is 10.6. The van der Waals surface area contributed by atoms with Crippen molar-refractivity contribution in [1.82, 2.24) is 15.5 Å². The Morgan fingerprint density at radius 3 is 2.57 bits per heavy atom. The zero-order valence-corrected chi connectivity index (χ0v) is 29.1. The van der Waals surface area contributed by atoms with Gasteiger partial charge in [0.05, 0.1) is 29.8 Å². The van der Waals surface area contributed by atoms with Crippen LogP contribution >= 0.6 is 23.2 Å². The first-order chi connectivity index (χ1) is 23.4. The van der Waals surface area contributed by atoms with E-state index in [1.165, 1.54) is 35.4 Å². The normalized spacial score (nSPS) is 23.5. The van der Waals surface area contributed by atoms with Crippen molar-refractivity contribution in [3.05, 3.63) is 117 Å². The summed E-state index contributed by atoms with van der Waals surface area (Å²) in [6.45, 7) is 6.08. The number of hydrogen-bond donors (Lipinski definition) is 4. The first-order valence-corrected chi connectivity index (χ1v) is 17.3. The van der Waals surface area contributed by atoms with Crippen molar-refractivity contribution in [2.24, 2.45) is 5.41 Å². The van der Waals surface area contributed by atoms with Gasteiger partial charge in [0.1, 0.15) is 17.0 Å². The minimum atomic E-state index is -1.78. The lowest BCUT2D eigenvalue weighted by molar-refractivity contribution is -0.123. The first-order valence-electron chi connectivity index (χ1n) is 16.5. The van der Waals surface area contributed by atoms with Crippen LogP contribution in [0, 0.1) is 28.4 Å². The van der Waals surface area contributed by atoms with Crippen LogP contribution in [0.1, 0.15) is 55.7 Å². The van der Waals surface area contributed by atoms with Crippen LogP contribution < -0.4 is 10.6 Å². The van der Waals surface area contributed by atoms with E-state index >= 15 is 8.78 Å². The van der Waals surface area contributed by atoms with Gasteiger partial charge in [-0.15, -0.1) is 0 Å². The minimum Gasteiger partial charge on any atom is -0.394 e. The van der Waals surface area contributed by atoms with E-state index in [9.17, 15) is 20.3 Å². The lowest BCUT2D eigenvalue weighted by Crippen LogP contribution is -2.46. The average Bonchev–Trinajstić information content (AvgIpc) is 3.40. The predicted molar refractivity (Wildman–Crippen MR) is 187 cm³/mol. The maximum absolute atomic E-state index is 16.1. The summed E-state index contributed by atoms with van der Waals surface area (Å²) in [5.74, 6) is -3.31. The van der Waals surface area contributed by atoms with Crippen LogP contribution in [0.4, 0.5) is 8.78 Å². The molecular formula is C38H42Cl2F2N4O3. The molecule has 4 N–H and O–H groups in total. The molecule has 3 aromatic rings. The van der Waals surface area contributed by atoms with Crippen LogP contribution in [-0.4, -0.2) is 65.4 Å². The number of aliphatic hydroxyl groups is 2. The topological polar surface area (TPSA) is 109 Å². The number of rotatable bonds is 12. The van der Waals surface area contributed by atoms with Crippen molar-refractivity contribution >= 4 is 29.1 Å². The lowest BCUT2D eigenvalue weighted by Gasteiger charge is -2.40. The van der Waals surface area contributed by atoms with E-state index in [1.807, 2.05) is 18.2 Å². The van der Waals surface area contributed by atoms with Gasteiger partial charge in [0.25, 0.3) is 0 Å². The molecule has 3 aromatic carbocycles. The Kier molecular flexibility index (Phi) is 11.8. The molecule has 0 bridgehead atoms. The van der Waals surface area contributed by atoms with Crippen molar-refractivity contribution in [2.45, 2.75) is 69.2 Å². The van der Waals surface area contributed by atoms with Crippen molar-refractivity contribution in [2.75, 3.05) is 26.2 Å². The highest BCUT2D eigenvalue weighted by molar-refractivity contribution is 6.31. The second kappa shape index (κ2) is 15.7. The Balaban J connectivity index is 1.56. The number of hydrogen-bond acceptors (Lipinski definition) is 6. The fourth-order valence-electron chi connectivity index (χ4n) is 7.46. The molecule has 11 heteroatoms. The highest BCUT2D eigenvalue weighted by atomic mass is 35.5. The van der Waals surface area contributed by atoms with E-state index in [1.54, 1.807) is 6.07 Å². The van der Waals surface area contributed by atoms with Gasteiger partial charge in [-0.3, -0.25) is 9.69 Å². The molecule has 4 unspecified atom stereocenters. The Bertz CT molecular complexity index is 1720. The van der Waals surface area contributed by atoms with Gasteiger partial charge in [-0.25, -0.2) is 8.78 Å². The highest BCUT2D eigenvalue weighted by Gasteiger charge is 2.61. The molecule has 5 atom stereocenters. The van der Waals surface area contributed by atoms with Gasteiger partial charge in [-0.2, -0.15) is 5.26 Å². The van der Waals surface area contributed by atoms with Gasteiger partial charge in [0.2, 0.25) is 5.91 Å². The van der Waals surface area contributed by atoms with Gasteiger partial charge in [-0.05, 0) is 54.0 Å². The van der Waals surface area contributed by atoms with Gasteiger partial charge in [-0.1, -0.05) is 97.2 Å². The third kappa shape index (κ3) is 7.86. The number of nitrogens with one attached hydrogen (secondary N) is 2. The second-order valence-corrected chi connectivity index (χ2v) is 14.5. The molecule has 0 saturated carbocycles. The Morgan fingerprint density at radius 2 is 1.92 bits per heavy atom. The summed E-state index contributed by atoms with van der Waals surface area (Å²) < 4.78 is 32.1. The number of halogens is 4. The molecule has 49 heavy (non-hydrogen) atoms. The number of carbonyl (C=O) groups is 1. The van der Waals surface area contributed by atoms with E-state index < -0.39 is 59.1 Å². The Labute approximate surface area is 296 Å². The third-order valence-electron chi connectivity index (χ3n) is 10.0. The van der Waals surface area contributed by atoms with Crippen LogP contribution in [0.5, 0.6) is 0 Å². The zero-order valence-electron chi connectivity index (χ0n) is 27.6. The zero-order chi connectivity index (χ0) is 35.3. The van der Waals surface area contributed by atoms with Crippen molar-refractivity contribution in [3.63, 3.8) is 0 Å². The van der Waals surface area contributed by atoms with Gasteiger partial charge >= 0.3 is 0 Å². The average molecular weight is 712 g/mol. The number of nitrogens with zero attached hydrogens (tertiary/aromatic N) is 2. The van der Waals surface area contributed by atoms with Gasteiger partial charge < -0.3 is 20.8 Å². The molecule has 1 fully saturated rings. The summed E-state index contributed by atoms with van der Waals surface area (Å²) in [6, 6.07) is 19.1. The van der Waals surface area contributed by atoms with Crippen molar-refractivity contribution in [1.29, 1.82) is 5.26 Å². The van der Waals surface area contributed by atoms with E-state index in [4.69, 9.17) is 23.2 Å². The second-order valence-electron chi connectivity index (χ2n) is 13.6. The van der Waals surface area contributed by atoms with Crippen LogP contribution in [0.3, 0.4) is 0 Å². The molecule has 2 aliphatic heterocycles. The molecule has 0 aliphatic carbocycles. The molecule has 7 nitrogen and oxygen atoms in total. The molecule has 2 aliphatic rings. The first kappa shape index (κ1) is 36.9. The molecule has 2 heterocycles. The van der Waals surface area contributed by atoms with Gasteiger partial charge in [0, 0.05) is 48.7 Å². The minimum absolute atomic E-state index is 0.000171. The van der Waals surface area contributed by atoms with E-state index in [2.05, 4.69) is 53.7 Å². The number of carbonyl (C=O) groups excluding carboxylic acids is 1. The quantitative estimate of drug-likeness (QED) is 0.165. The largest absolute Gasteiger partial charge is 0.394 e. The summed E-state index contributed by atoms with van der Waals surface area (Å²) in [7, 11) is 0. The predicted octanol–water partition coefficient (Wildman–Crippen LogP) is 6.27. The smallest absolute Gasteiger partial charge is 0.237 e. The molecular weight excluding hydrogens is 669 g/mol. The maximum atomic E-state index is 16.1. The summed E-state index contributed by atoms with van der Waals surface area (Å²) in [6.07, 6.45) is 2.35. The molecule has 260 valence electrons. The van der Waals surface area contributed by atoms with E-state index in [-0.39, 0.29) is 34.1 Å². The van der Waals surface area contributed by atoms with Crippen LogP contribution in [-0.2, 0) is 16.8 Å². The fraction of sp³-hybridized carbons (Fsp3) is 0.421. The molecule has 0 spiro atoms. The standard InChI is InChI=1S/C38H42Cl2F2N4O3/c1-37(2,25-14-17-46(18-15-25)21-24-7-4-3-5-8-24)20-32-38(23-43,29-12-11-26(39)19-31(29)41)33(28-9-6-10-30(40)34(28)42)35(45-32)36(49)44-16-13-27(48)22-47/h3-12,14,19,27,32-33,35,45,47-48H,13,15-18,20-22H2,1-2H3,(H,44,49)/t27-,32?,33?,35?,38?/m0/s1. The van der Waals surface area contributed by atoms with Crippen molar-refractivity contribution < 1.29 is 23.8 Å². The number of aliphatic hydroxyl groups excluding tert-OH is 2. The number of amides is 1. The van der Waals surface area contributed by atoms with Crippen molar-refractivity contribution in [3.8, 4) is 6.07 Å². The van der Waals surface area contributed by atoms with Gasteiger partial charge in [0.15, 0.2) is 0 Å². The summed E-state index contributed by atoms with van der Waals surface area (Å²) in [5.41, 5.74) is 0.120. The molecule has 1 saturated heterocycles. The molecule has 5 rings (SSSR count). The van der Waals surface area contributed by atoms with Crippen LogP contribution in [0.25, 0.3) is 0 Å². The molecule has 0 aromatic heterocycles. The Morgan fingerprint density at radius 1 is 1.16 bits per heavy atom. The lowest BCUT2D eigenvalue weighted by atomic mass is 9.61. The molecule has 1 amide bonds. The summed E-state index contributed by atoms with van der Waals surface area (Å²) in [4.78, 5) is 16.3.